The first kappa shape index (κ1) is 14.0. The summed E-state index contributed by atoms with van der Waals surface area (Å²) in [6, 6.07) is 0.582. The van der Waals surface area contributed by atoms with Crippen LogP contribution in [0.4, 0.5) is 0 Å². The summed E-state index contributed by atoms with van der Waals surface area (Å²) in [6.45, 7) is 4.26. The zero-order valence-electron chi connectivity index (χ0n) is 12.1. The normalized spacial score (nSPS) is 27.4. The fraction of sp³-hybridized carbons (Fsp3) is 0.867. The van der Waals surface area contributed by atoms with Crippen LogP contribution < -0.4 is 5.32 Å². The molecule has 3 fully saturated rings. The molecular weight excluding hydrogens is 254 g/mol. The van der Waals surface area contributed by atoms with Gasteiger partial charge >= 0.3 is 0 Å². The molecule has 1 atom stereocenters. The van der Waals surface area contributed by atoms with Gasteiger partial charge in [0.15, 0.2) is 0 Å². The largest absolute Gasteiger partial charge is 0.316 e. The third-order valence-corrected chi connectivity index (χ3v) is 4.67. The van der Waals surface area contributed by atoms with E-state index in [9.17, 15) is 9.59 Å². The van der Waals surface area contributed by atoms with Crippen molar-refractivity contribution in [2.24, 2.45) is 5.92 Å². The van der Waals surface area contributed by atoms with E-state index in [-0.39, 0.29) is 11.8 Å². The van der Waals surface area contributed by atoms with Crippen molar-refractivity contribution in [3.05, 3.63) is 0 Å². The molecule has 2 amide bonds. The van der Waals surface area contributed by atoms with Crippen LogP contribution in [0.3, 0.4) is 0 Å². The number of piperidine rings is 1. The number of hydrogen-bond acceptors (Lipinski definition) is 4. The van der Waals surface area contributed by atoms with Crippen molar-refractivity contribution in [2.45, 2.75) is 44.6 Å². The maximum absolute atomic E-state index is 12.3. The van der Waals surface area contributed by atoms with Crippen molar-refractivity contribution in [1.82, 2.24) is 15.1 Å². The molecule has 2 heterocycles. The second-order valence-electron chi connectivity index (χ2n) is 6.42. The highest BCUT2D eigenvalue weighted by Gasteiger charge is 2.34. The lowest BCUT2D eigenvalue weighted by Crippen LogP contribution is -2.45. The van der Waals surface area contributed by atoms with Gasteiger partial charge in [-0.1, -0.05) is 0 Å². The molecule has 1 N–H and O–H groups in total. The summed E-state index contributed by atoms with van der Waals surface area (Å²) in [6.07, 6.45) is 6.29. The maximum atomic E-state index is 12.3. The Morgan fingerprint density at radius 1 is 1.30 bits per heavy atom. The van der Waals surface area contributed by atoms with Crippen molar-refractivity contribution < 1.29 is 9.59 Å². The molecule has 1 unspecified atom stereocenters. The number of rotatable bonds is 5. The quantitative estimate of drug-likeness (QED) is 0.801. The van der Waals surface area contributed by atoms with Crippen LogP contribution in [0.15, 0.2) is 0 Å². The van der Waals surface area contributed by atoms with Gasteiger partial charge in [0.1, 0.15) is 0 Å². The summed E-state index contributed by atoms with van der Waals surface area (Å²) in [5.41, 5.74) is 0. The summed E-state index contributed by atoms with van der Waals surface area (Å²) in [5.74, 6) is 0.694. The van der Waals surface area contributed by atoms with Crippen LogP contribution >= 0.6 is 0 Å². The van der Waals surface area contributed by atoms with Crippen molar-refractivity contribution in [3.63, 3.8) is 0 Å². The predicted molar refractivity (Wildman–Crippen MR) is 76.1 cm³/mol. The van der Waals surface area contributed by atoms with Crippen molar-refractivity contribution in [2.75, 3.05) is 32.7 Å². The zero-order valence-corrected chi connectivity index (χ0v) is 12.1. The third-order valence-electron chi connectivity index (χ3n) is 4.67. The molecule has 0 aromatic rings. The van der Waals surface area contributed by atoms with E-state index in [1.54, 1.807) is 0 Å². The van der Waals surface area contributed by atoms with Gasteiger partial charge in [0.25, 0.3) is 0 Å². The fourth-order valence-corrected chi connectivity index (χ4v) is 3.36. The molecular formula is C15H25N3O2. The summed E-state index contributed by atoms with van der Waals surface area (Å²) < 4.78 is 0. The van der Waals surface area contributed by atoms with Crippen molar-refractivity contribution in [3.8, 4) is 0 Å². The molecule has 0 spiro atoms. The molecule has 0 aromatic carbocycles. The average molecular weight is 279 g/mol. The molecule has 2 aliphatic heterocycles. The van der Waals surface area contributed by atoms with Crippen LogP contribution in [0.1, 0.15) is 38.5 Å². The molecule has 112 valence electrons. The van der Waals surface area contributed by atoms with Gasteiger partial charge in [-0.3, -0.25) is 19.4 Å². The number of likely N-dealkylation sites (tertiary alicyclic amines) is 1. The summed E-state index contributed by atoms with van der Waals surface area (Å²) >= 11 is 0. The molecule has 0 radical (unpaired) electrons. The monoisotopic (exact) mass is 279 g/mol. The third kappa shape index (κ3) is 3.38. The van der Waals surface area contributed by atoms with Gasteiger partial charge in [-0.25, -0.2) is 0 Å². The van der Waals surface area contributed by atoms with E-state index in [0.29, 0.717) is 31.5 Å². The van der Waals surface area contributed by atoms with E-state index in [4.69, 9.17) is 0 Å². The SMILES string of the molecule is O=C1CCCN1C(=O)CN(CC1CCCNC1)C1CC1. The Kier molecular flexibility index (Phi) is 4.36. The minimum absolute atomic E-state index is 0.0168. The molecule has 0 bridgehead atoms. The highest BCUT2D eigenvalue weighted by molar-refractivity contribution is 5.97. The molecule has 3 aliphatic rings. The minimum Gasteiger partial charge on any atom is -0.316 e. The van der Waals surface area contributed by atoms with Gasteiger partial charge in [0.05, 0.1) is 6.54 Å². The lowest BCUT2D eigenvalue weighted by Gasteiger charge is -2.30. The Hall–Kier alpha value is -0.940. The molecule has 1 aliphatic carbocycles. The Bertz CT molecular complexity index is 375. The minimum atomic E-state index is 0.0168. The highest BCUT2D eigenvalue weighted by Crippen LogP contribution is 2.28. The average Bonchev–Trinajstić information content (AvgIpc) is 3.21. The van der Waals surface area contributed by atoms with Crippen LogP contribution in [0.2, 0.25) is 0 Å². The Morgan fingerprint density at radius 3 is 2.75 bits per heavy atom. The van der Waals surface area contributed by atoms with Gasteiger partial charge in [-0.05, 0) is 51.1 Å². The van der Waals surface area contributed by atoms with Crippen LogP contribution in [0.25, 0.3) is 0 Å². The van der Waals surface area contributed by atoms with E-state index in [1.165, 1.54) is 30.6 Å². The summed E-state index contributed by atoms with van der Waals surface area (Å²) in [5, 5.41) is 3.44. The van der Waals surface area contributed by atoms with Crippen LogP contribution in [-0.2, 0) is 9.59 Å². The van der Waals surface area contributed by atoms with E-state index >= 15 is 0 Å². The number of amides is 2. The maximum Gasteiger partial charge on any atom is 0.243 e. The predicted octanol–water partition coefficient (Wildman–Crippen LogP) is 0.599. The molecule has 0 aromatic heterocycles. The first-order valence-electron chi connectivity index (χ1n) is 8.02. The van der Waals surface area contributed by atoms with Crippen LogP contribution in [0, 0.1) is 5.92 Å². The van der Waals surface area contributed by atoms with Crippen LogP contribution in [-0.4, -0.2) is 60.4 Å². The Morgan fingerprint density at radius 2 is 2.15 bits per heavy atom. The van der Waals surface area contributed by atoms with Gasteiger partial charge in [-0.2, -0.15) is 0 Å². The number of nitrogens with zero attached hydrogens (tertiary/aromatic N) is 2. The number of carbonyl (C=O) groups is 2. The second-order valence-corrected chi connectivity index (χ2v) is 6.42. The van der Waals surface area contributed by atoms with Gasteiger partial charge in [0.2, 0.25) is 11.8 Å². The van der Waals surface area contributed by atoms with Gasteiger partial charge in [0, 0.05) is 25.6 Å². The first-order chi connectivity index (χ1) is 9.74. The zero-order chi connectivity index (χ0) is 13.9. The van der Waals surface area contributed by atoms with E-state index in [2.05, 4.69) is 10.2 Å². The molecule has 1 saturated carbocycles. The summed E-state index contributed by atoms with van der Waals surface area (Å²) in [4.78, 5) is 27.7. The van der Waals surface area contributed by atoms with E-state index in [0.717, 1.165) is 26.1 Å². The topological polar surface area (TPSA) is 52.7 Å². The second kappa shape index (κ2) is 6.22. The first-order valence-corrected chi connectivity index (χ1v) is 8.02. The molecule has 20 heavy (non-hydrogen) atoms. The van der Waals surface area contributed by atoms with Gasteiger partial charge < -0.3 is 5.32 Å². The fourth-order valence-electron chi connectivity index (χ4n) is 3.36. The molecule has 3 rings (SSSR count). The summed E-state index contributed by atoms with van der Waals surface area (Å²) in [7, 11) is 0. The molecule has 5 nitrogen and oxygen atoms in total. The smallest absolute Gasteiger partial charge is 0.243 e. The van der Waals surface area contributed by atoms with Crippen molar-refractivity contribution in [1.29, 1.82) is 0 Å². The molecule has 2 saturated heterocycles. The lowest BCUT2D eigenvalue weighted by molar-refractivity contribution is -0.142. The number of carbonyl (C=O) groups excluding carboxylic acids is 2. The standard InChI is InChI=1S/C15H25N3O2/c19-14-4-2-8-18(14)15(20)11-17(13-5-6-13)10-12-3-1-7-16-9-12/h12-13,16H,1-11H2. The number of hydrogen-bond donors (Lipinski definition) is 1. The van der Waals surface area contributed by atoms with E-state index < -0.39 is 0 Å². The number of imide groups is 1. The number of nitrogens with one attached hydrogen (secondary N) is 1. The highest BCUT2D eigenvalue weighted by atomic mass is 16.2. The Labute approximate surface area is 120 Å². The molecule has 5 heteroatoms. The van der Waals surface area contributed by atoms with Crippen LogP contribution in [0.5, 0.6) is 0 Å². The Balaban J connectivity index is 1.53. The lowest BCUT2D eigenvalue weighted by atomic mass is 9.99. The van der Waals surface area contributed by atoms with Gasteiger partial charge in [-0.15, -0.1) is 0 Å². The van der Waals surface area contributed by atoms with Crippen molar-refractivity contribution >= 4 is 11.8 Å². The van der Waals surface area contributed by atoms with E-state index in [1.807, 2.05) is 0 Å².